The molecule has 0 saturated heterocycles. The number of aliphatic hydroxyl groups is 1. The van der Waals surface area contributed by atoms with Gasteiger partial charge in [0.15, 0.2) is 0 Å². The van der Waals surface area contributed by atoms with Gasteiger partial charge in [-0.1, -0.05) is 18.2 Å². The maximum Gasteiger partial charge on any atom is 0.297 e. The molecule has 0 amide bonds. The monoisotopic (exact) mass is 211 g/mol. The van der Waals surface area contributed by atoms with Crippen molar-refractivity contribution in [2.24, 2.45) is 7.05 Å². The van der Waals surface area contributed by atoms with Crippen LogP contribution in [0.1, 0.15) is 5.56 Å². The summed E-state index contributed by atoms with van der Waals surface area (Å²) in [7, 11) is 1.71. The van der Waals surface area contributed by atoms with Gasteiger partial charge >= 0.3 is 0 Å². The summed E-state index contributed by atoms with van der Waals surface area (Å²) in [5.41, 5.74) is 0.615. The molecule has 0 radical (unpaired) electrons. The molecule has 1 N–H and O–H groups in total. The Kier molecular flexibility index (Phi) is 2.23. The number of hydrogen-bond donors (Lipinski definition) is 1. The van der Waals surface area contributed by atoms with Crippen LogP contribution >= 0.6 is 0 Å². The average molecular weight is 211 g/mol. The maximum absolute atomic E-state index is 13.4. The first-order valence-electron chi connectivity index (χ1n) is 4.59. The van der Waals surface area contributed by atoms with Gasteiger partial charge in [0.25, 0.3) is 5.92 Å². The van der Waals surface area contributed by atoms with E-state index in [4.69, 9.17) is 5.11 Å². The van der Waals surface area contributed by atoms with E-state index in [1.54, 1.807) is 35.9 Å². The van der Waals surface area contributed by atoms with Gasteiger partial charge in [-0.2, -0.15) is 8.78 Å². The van der Waals surface area contributed by atoms with Crippen LogP contribution in [0.25, 0.3) is 10.9 Å². The zero-order valence-corrected chi connectivity index (χ0v) is 8.24. The van der Waals surface area contributed by atoms with Crippen LogP contribution in [0.3, 0.4) is 0 Å². The predicted molar refractivity (Wildman–Crippen MR) is 53.9 cm³/mol. The predicted octanol–water partition coefficient (Wildman–Crippen LogP) is 2.26. The van der Waals surface area contributed by atoms with Crippen LogP contribution in [-0.2, 0) is 13.0 Å². The number of aromatic nitrogens is 1. The highest BCUT2D eigenvalue weighted by molar-refractivity contribution is 5.84. The van der Waals surface area contributed by atoms with Crippen LogP contribution in [0, 0.1) is 0 Å². The van der Waals surface area contributed by atoms with E-state index in [-0.39, 0.29) is 5.56 Å². The number of rotatable bonds is 2. The van der Waals surface area contributed by atoms with E-state index in [1.807, 2.05) is 0 Å². The summed E-state index contributed by atoms with van der Waals surface area (Å²) in [6.07, 6.45) is 1.36. The van der Waals surface area contributed by atoms with Gasteiger partial charge in [-0.3, -0.25) is 0 Å². The number of para-hydroxylation sites is 1. The summed E-state index contributed by atoms with van der Waals surface area (Å²) in [6, 6.07) is 6.91. The number of benzene rings is 1. The van der Waals surface area contributed by atoms with Crippen LogP contribution < -0.4 is 0 Å². The molecule has 1 aromatic heterocycles. The summed E-state index contributed by atoms with van der Waals surface area (Å²) in [6.45, 7) is -1.17. The summed E-state index contributed by atoms with van der Waals surface area (Å²) < 4.78 is 28.4. The lowest BCUT2D eigenvalue weighted by Gasteiger charge is -2.11. The molecule has 0 saturated carbocycles. The van der Waals surface area contributed by atoms with Crippen molar-refractivity contribution >= 4 is 10.9 Å². The molecule has 0 spiro atoms. The largest absolute Gasteiger partial charge is 0.390 e. The van der Waals surface area contributed by atoms with Gasteiger partial charge in [-0.05, 0) is 6.07 Å². The minimum Gasteiger partial charge on any atom is -0.390 e. The third-order valence-corrected chi connectivity index (χ3v) is 2.49. The topological polar surface area (TPSA) is 25.2 Å². The highest BCUT2D eigenvalue weighted by atomic mass is 19.3. The van der Waals surface area contributed by atoms with Crippen molar-refractivity contribution < 1.29 is 13.9 Å². The van der Waals surface area contributed by atoms with Crippen molar-refractivity contribution in [3.05, 3.63) is 36.0 Å². The van der Waals surface area contributed by atoms with Crippen LogP contribution in [0.4, 0.5) is 8.78 Å². The lowest BCUT2D eigenvalue weighted by molar-refractivity contribution is -0.0544. The molecule has 0 aliphatic carbocycles. The van der Waals surface area contributed by atoms with Gasteiger partial charge in [-0.25, -0.2) is 0 Å². The minimum atomic E-state index is -3.18. The molecule has 80 valence electrons. The Labute approximate surface area is 85.8 Å². The first kappa shape index (κ1) is 10.1. The van der Waals surface area contributed by atoms with E-state index in [1.165, 1.54) is 6.20 Å². The number of nitrogens with zero attached hydrogens (tertiary/aromatic N) is 1. The Morgan fingerprint density at radius 2 is 2.00 bits per heavy atom. The number of aliphatic hydroxyl groups excluding tert-OH is 1. The SMILES string of the molecule is Cn1cc(C(F)(F)CO)c2ccccc21. The molecule has 4 heteroatoms. The number of halogens is 2. The molecule has 15 heavy (non-hydrogen) atoms. The summed E-state index contributed by atoms with van der Waals surface area (Å²) in [5.74, 6) is -3.18. The number of hydrogen-bond acceptors (Lipinski definition) is 1. The van der Waals surface area contributed by atoms with Crippen LogP contribution in [-0.4, -0.2) is 16.3 Å². The zero-order chi connectivity index (χ0) is 11.1. The molecule has 0 unspecified atom stereocenters. The van der Waals surface area contributed by atoms with Crippen molar-refractivity contribution in [3.8, 4) is 0 Å². The highest BCUT2D eigenvalue weighted by Gasteiger charge is 2.33. The molecule has 2 aromatic rings. The Balaban J connectivity index is 2.72. The maximum atomic E-state index is 13.4. The molecular weight excluding hydrogens is 200 g/mol. The second-order valence-electron chi connectivity index (χ2n) is 3.53. The molecule has 0 bridgehead atoms. The molecule has 1 aromatic carbocycles. The van der Waals surface area contributed by atoms with Gasteiger partial charge in [0.1, 0.15) is 6.61 Å². The Bertz CT molecular complexity index is 490. The normalized spacial score (nSPS) is 12.3. The van der Waals surface area contributed by atoms with Crippen molar-refractivity contribution in [2.75, 3.05) is 6.61 Å². The zero-order valence-electron chi connectivity index (χ0n) is 8.24. The van der Waals surface area contributed by atoms with Crippen molar-refractivity contribution in [1.29, 1.82) is 0 Å². The first-order chi connectivity index (χ1) is 7.06. The van der Waals surface area contributed by atoms with E-state index in [9.17, 15) is 8.78 Å². The quantitative estimate of drug-likeness (QED) is 0.809. The molecular formula is C11H11F2NO. The molecule has 0 atom stereocenters. The fourth-order valence-corrected chi connectivity index (χ4v) is 1.72. The number of alkyl halides is 2. The smallest absolute Gasteiger partial charge is 0.297 e. The third-order valence-electron chi connectivity index (χ3n) is 2.49. The van der Waals surface area contributed by atoms with Gasteiger partial charge in [0.05, 0.1) is 0 Å². The minimum absolute atomic E-state index is 0.122. The number of aryl methyl sites for hydroxylation is 1. The standard InChI is InChI=1S/C11H11F2NO/c1-14-6-9(11(12,13)7-15)8-4-2-3-5-10(8)14/h2-6,15H,7H2,1H3. The third kappa shape index (κ3) is 1.51. The Morgan fingerprint density at radius 3 is 2.67 bits per heavy atom. The summed E-state index contributed by atoms with van der Waals surface area (Å²) in [4.78, 5) is 0. The summed E-state index contributed by atoms with van der Waals surface area (Å²) >= 11 is 0. The molecule has 1 heterocycles. The van der Waals surface area contributed by atoms with Crippen LogP contribution in [0.5, 0.6) is 0 Å². The Hall–Kier alpha value is -1.42. The second kappa shape index (κ2) is 3.31. The van der Waals surface area contributed by atoms with Crippen LogP contribution in [0.15, 0.2) is 30.5 Å². The van der Waals surface area contributed by atoms with Gasteiger partial charge in [0.2, 0.25) is 0 Å². The number of fused-ring (bicyclic) bond motifs is 1. The van der Waals surface area contributed by atoms with Gasteiger partial charge < -0.3 is 9.67 Å². The van der Waals surface area contributed by atoms with Crippen molar-refractivity contribution in [3.63, 3.8) is 0 Å². The fourth-order valence-electron chi connectivity index (χ4n) is 1.72. The molecule has 0 aliphatic rings. The molecule has 0 aliphatic heterocycles. The van der Waals surface area contributed by atoms with E-state index in [2.05, 4.69) is 0 Å². The molecule has 2 nitrogen and oxygen atoms in total. The first-order valence-corrected chi connectivity index (χ1v) is 4.59. The average Bonchev–Trinajstić information content (AvgIpc) is 2.58. The molecule has 0 fully saturated rings. The van der Waals surface area contributed by atoms with E-state index in [0.717, 1.165) is 5.52 Å². The van der Waals surface area contributed by atoms with Gasteiger partial charge in [0, 0.05) is 29.7 Å². The van der Waals surface area contributed by atoms with Crippen molar-refractivity contribution in [2.45, 2.75) is 5.92 Å². The van der Waals surface area contributed by atoms with Crippen molar-refractivity contribution in [1.82, 2.24) is 4.57 Å². The van der Waals surface area contributed by atoms with E-state index in [0.29, 0.717) is 5.39 Å². The molecule has 2 rings (SSSR count). The van der Waals surface area contributed by atoms with Gasteiger partial charge in [-0.15, -0.1) is 0 Å². The summed E-state index contributed by atoms with van der Waals surface area (Å²) in [5, 5.41) is 9.14. The van der Waals surface area contributed by atoms with E-state index < -0.39 is 12.5 Å². The lowest BCUT2D eigenvalue weighted by Crippen LogP contribution is -2.17. The second-order valence-corrected chi connectivity index (χ2v) is 3.53. The Morgan fingerprint density at radius 1 is 1.33 bits per heavy atom. The lowest BCUT2D eigenvalue weighted by atomic mass is 10.1. The van der Waals surface area contributed by atoms with Crippen LogP contribution in [0.2, 0.25) is 0 Å². The fraction of sp³-hybridized carbons (Fsp3) is 0.273. The highest BCUT2D eigenvalue weighted by Crippen LogP contribution is 2.34. The van der Waals surface area contributed by atoms with E-state index >= 15 is 0 Å².